The summed E-state index contributed by atoms with van der Waals surface area (Å²) in [5.41, 5.74) is 1.28. The van der Waals surface area contributed by atoms with E-state index in [4.69, 9.17) is 27.9 Å². The lowest BCUT2D eigenvalue weighted by atomic mass is 10.0. The first-order chi connectivity index (χ1) is 18.1. The Morgan fingerprint density at radius 3 is 2.37 bits per heavy atom. The van der Waals surface area contributed by atoms with E-state index < -0.39 is 12.0 Å². The van der Waals surface area contributed by atoms with E-state index in [0.717, 1.165) is 0 Å². The van der Waals surface area contributed by atoms with Crippen molar-refractivity contribution in [1.82, 2.24) is 20.1 Å². The number of thioether (sulfide) groups is 1. The maximum absolute atomic E-state index is 13.0. The number of carbonyl (C=O) groups excluding carboxylic acids is 3. The second kappa shape index (κ2) is 13.6. The fraction of sp³-hybridized carbons (Fsp3) is 0.346. The van der Waals surface area contributed by atoms with E-state index in [-0.39, 0.29) is 28.5 Å². The SMILES string of the molecule is CCOC(=O)c1ccc(NC(=O)CSc2nnc([C@H](NC(=O)c3ccc(Cl)cc3Cl)C(C)C)n2CC)cc1. The number of nitrogens with zero attached hydrogens (tertiary/aromatic N) is 3. The fourth-order valence-electron chi connectivity index (χ4n) is 3.59. The zero-order valence-electron chi connectivity index (χ0n) is 21.5. The molecule has 1 heterocycles. The van der Waals surface area contributed by atoms with Gasteiger partial charge in [0.2, 0.25) is 5.91 Å². The highest BCUT2D eigenvalue weighted by Gasteiger charge is 2.27. The second-order valence-electron chi connectivity index (χ2n) is 8.54. The maximum Gasteiger partial charge on any atom is 0.338 e. The summed E-state index contributed by atoms with van der Waals surface area (Å²) >= 11 is 13.4. The number of halogens is 2. The van der Waals surface area contributed by atoms with Crippen molar-refractivity contribution in [3.05, 3.63) is 69.5 Å². The third-order valence-corrected chi connectivity index (χ3v) is 7.00. The number of aromatic nitrogens is 3. The van der Waals surface area contributed by atoms with Gasteiger partial charge in [-0.05, 0) is 62.2 Å². The minimum atomic E-state index is -0.442. The van der Waals surface area contributed by atoms with E-state index in [9.17, 15) is 14.4 Å². The summed E-state index contributed by atoms with van der Waals surface area (Å²) in [6, 6.07) is 10.7. The van der Waals surface area contributed by atoms with E-state index in [1.165, 1.54) is 17.8 Å². The van der Waals surface area contributed by atoms with Gasteiger partial charge in [-0.1, -0.05) is 48.8 Å². The van der Waals surface area contributed by atoms with Gasteiger partial charge in [-0.2, -0.15) is 0 Å². The van der Waals surface area contributed by atoms with Crippen LogP contribution in [0, 0.1) is 5.92 Å². The zero-order chi connectivity index (χ0) is 27.8. The number of ether oxygens (including phenoxy) is 1. The highest BCUT2D eigenvalue weighted by Crippen LogP contribution is 2.27. The minimum absolute atomic E-state index is 0.00162. The smallest absolute Gasteiger partial charge is 0.338 e. The van der Waals surface area contributed by atoms with Gasteiger partial charge >= 0.3 is 5.97 Å². The van der Waals surface area contributed by atoms with Crippen LogP contribution in [0.25, 0.3) is 0 Å². The molecule has 0 aliphatic rings. The van der Waals surface area contributed by atoms with E-state index in [1.807, 2.05) is 25.3 Å². The number of nitrogens with one attached hydrogen (secondary N) is 2. The van der Waals surface area contributed by atoms with Gasteiger partial charge < -0.3 is 19.9 Å². The van der Waals surface area contributed by atoms with Crippen LogP contribution in [0.15, 0.2) is 47.6 Å². The number of esters is 1. The number of anilines is 1. The first-order valence-corrected chi connectivity index (χ1v) is 13.8. The first kappa shape index (κ1) is 29.5. The predicted octanol–water partition coefficient (Wildman–Crippen LogP) is 5.64. The Kier molecular flexibility index (Phi) is 10.6. The minimum Gasteiger partial charge on any atom is -0.462 e. The lowest BCUT2D eigenvalue weighted by Crippen LogP contribution is -2.34. The molecule has 3 aromatic rings. The molecule has 0 saturated heterocycles. The Balaban J connectivity index is 1.67. The zero-order valence-corrected chi connectivity index (χ0v) is 23.8. The summed E-state index contributed by atoms with van der Waals surface area (Å²) in [6.07, 6.45) is 0. The van der Waals surface area contributed by atoms with Crippen LogP contribution in [0.5, 0.6) is 0 Å². The molecule has 1 atom stereocenters. The summed E-state index contributed by atoms with van der Waals surface area (Å²) in [4.78, 5) is 37.3. The maximum atomic E-state index is 13.0. The normalized spacial score (nSPS) is 11.8. The molecule has 0 spiro atoms. The van der Waals surface area contributed by atoms with Gasteiger partial charge in [0.25, 0.3) is 5.91 Å². The molecule has 12 heteroatoms. The summed E-state index contributed by atoms with van der Waals surface area (Å²) in [5, 5.41) is 15.7. The third kappa shape index (κ3) is 7.49. The molecule has 9 nitrogen and oxygen atoms in total. The fourth-order valence-corrected chi connectivity index (χ4v) is 4.89. The molecule has 2 N–H and O–H groups in total. The van der Waals surface area contributed by atoms with Gasteiger partial charge in [0.1, 0.15) is 0 Å². The number of hydrogen-bond acceptors (Lipinski definition) is 7. The Bertz CT molecular complexity index is 1300. The van der Waals surface area contributed by atoms with E-state index >= 15 is 0 Å². The molecule has 38 heavy (non-hydrogen) atoms. The van der Waals surface area contributed by atoms with Crippen LogP contribution in [0.4, 0.5) is 5.69 Å². The van der Waals surface area contributed by atoms with Crippen molar-refractivity contribution in [3.63, 3.8) is 0 Å². The highest BCUT2D eigenvalue weighted by molar-refractivity contribution is 7.99. The largest absolute Gasteiger partial charge is 0.462 e. The number of carbonyl (C=O) groups is 3. The van der Waals surface area contributed by atoms with Crippen molar-refractivity contribution < 1.29 is 19.1 Å². The van der Waals surface area contributed by atoms with Crippen molar-refractivity contribution in [2.24, 2.45) is 5.92 Å². The van der Waals surface area contributed by atoms with E-state index in [2.05, 4.69) is 20.8 Å². The van der Waals surface area contributed by atoms with Crippen LogP contribution in [-0.2, 0) is 16.1 Å². The topological polar surface area (TPSA) is 115 Å². The van der Waals surface area contributed by atoms with Gasteiger partial charge in [-0.15, -0.1) is 10.2 Å². The molecule has 0 saturated carbocycles. The van der Waals surface area contributed by atoms with Crippen molar-refractivity contribution in [1.29, 1.82) is 0 Å². The molecule has 3 rings (SSSR count). The lowest BCUT2D eigenvalue weighted by molar-refractivity contribution is -0.113. The molecule has 0 radical (unpaired) electrons. The molecule has 202 valence electrons. The highest BCUT2D eigenvalue weighted by atomic mass is 35.5. The Morgan fingerprint density at radius 1 is 1.05 bits per heavy atom. The second-order valence-corrected chi connectivity index (χ2v) is 10.3. The standard InChI is InChI=1S/C26H29Cl2N5O4S/c1-5-33-23(22(15(3)4)30-24(35)19-12-9-17(27)13-20(19)28)31-32-26(33)38-14-21(34)29-18-10-7-16(8-11-18)25(36)37-6-2/h7-13,15,22H,5-6,14H2,1-4H3,(H,29,34)(H,30,35)/t22-/m1/s1. The molecule has 0 bridgehead atoms. The van der Waals surface area contributed by atoms with Crippen molar-refractivity contribution in [2.75, 3.05) is 17.7 Å². The van der Waals surface area contributed by atoms with E-state index in [1.54, 1.807) is 43.3 Å². The third-order valence-electron chi connectivity index (χ3n) is 5.48. The van der Waals surface area contributed by atoms with Crippen LogP contribution >= 0.6 is 35.0 Å². The van der Waals surface area contributed by atoms with Crippen LogP contribution in [-0.4, -0.2) is 44.9 Å². The Morgan fingerprint density at radius 2 is 1.76 bits per heavy atom. The molecule has 0 aliphatic carbocycles. The summed E-state index contributed by atoms with van der Waals surface area (Å²) in [7, 11) is 0. The molecule has 2 aromatic carbocycles. The number of amides is 2. The average molecular weight is 579 g/mol. The van der Waals surface area contributed by atoms with Crippen molar-refractivity contribution in [2.45, 2.75) is 45.4 Å². The summed E-state index contributed by atoms with van der Waals surface area (Å²) in [6.45, 7) is 8.45. The number of benzene rings is 2. The van der Waals surface area contributed by atoms with Crippen LogP contribution in [0.1, 0.15) is 60.3 Å². The molecule has 0 fully saturated rings. The average Bonchev–Trinajstić information content (AvgIpc) is 3.28. The van der Waals surface area contributed by atoms with Gasteiger partial charge in [0.05, 0.1) is 34.6 Å². The van der Waals surface area contributed by atoms with Crippen LogP contribution in [0.3, 0.4) is 0 Å². The number of rotatable bonds is 11. The quantitative estimate of drug-likeness (QED) is 0.224. The lowest BCUT2D eigenvalue weighted by Gasteiger charge is -2.22. The summed E-state index contributed by atoms with van der Waals surface area (Å²) < 4.78 is 6.84. The Hall–Kier alpha value is -3.08. The molecule has 0 unspecified atom stereocenters. The van der Waals surface area contributed by atoms with Gasteiger partial charge in [-0.3, -0.25) is 9.59 Å². The molecular formula is C26H29Cl2N5O4S. The molecule has 2 amide bonds. The first-order valence-electron chi connectivity index (χ1n) is 12.0. The van der Waals surface area contributed by atoms with Crippen LogP contribution < -0.4 is 10.6 Å². The molecule has 0 aliphatic heterocycles. The van der Waals surface area contributed by atoms with E-state index in [0.29, 0.717) is 46.0 Å². The van der Waals surface area contributed by atoms with Gasteiger partial charge in [0, 0.05) is 17.3 Å². The number of hydrogen-bond donors (Lipinski definition) is 2. The Labute approximate surface area is 235 Å². The van der Waals surface area contributed by atoms with Gasteiger partial charge in [0.15, 0.2) is 11.0 Å². The molecule has 1 aromatic heterocycles. The molecular weight excluding hydrogens is 549 g/mol. The monoisotopic (exact) mass is 577 g/mol. The van der Waals surface area contributed by atoms with Crippen molar-refractivity contribution >= 4 is 58.4 Å². The predicted molar refractivity (Wildman–Crippen MR) is 149 cm³/mol. The summed E-state index contributed by atoms with van der Waals surface area (Å²) in [5.74, 6) is -0.327. The van der Waals surface area contributed by atoms with Crippen LogP contribution in [0.2, 0.25) is 10.0 Å². The van der Waals surface area contributed by atoms with Crippen molar-refractivity contribution in [3.8, 4) is 0 Å². The van der Waals surface area contributed by atoms with Gasteiger partial charge in [-0.25, -0.2) is 4.79 Å².